The van der Waals surface area contributed by atoms with Crippen LogP contribution in [0, 0.1) is 6.92 Å². The van der Waals surface area contributed by atoms with E-state index in [1.54, 1.807) is 61.5 Å². The van der Waals surface area contributed by atoms with Crippen LogP contribution in [0.2, 0.25) is 5.02 Å². The lowest BCUT2D eigenvalue weighted by atomic mass is 10.1. The number of hydrogen-bond donors (Lipinski definition) is 2. The van der Waals surface area contributed by atoms with E-state index >= 15 is 0 Å². The molecule has 162 valence electrons. The van der Waals surface area contributed by atoms with Gasteiger partial charge in [-0.15, -0.1) is 0 Å². The predicted octanol–water partition coefficient (Wildman–Crippen LogP) is 4.72. The fourth-order valence-electron chi connectivity index (χ4n) is 2.88. The van der Waals surface area contributed by atoms with Crippen molar-refractivity contribution in [1.82, 2.24) is 0 Å². The number of amides is 1. The van der Waals surface area contributed by atoms with Crippen LogP contribution in [0.15, 0.2) is 65.6 Å². The van der Waals surface area contributed by atoms with Gasteiger partial charge in [-0.25, -0.2) is 8.42 Å². The largest absolute Gasteiger partial charge is 0.493 e. The van der Waals surface area contributed by atoms with Gasteiger partial charge in [-0.2, -0.15) is 0 Å². The second kappa shape index (κ2) is 9.28. The van der Waals surface area contributed by atoms with Crippen molar-refractivity contribution in [2.75, 3.05) is 24.3 Å². The van der Waals surface area contributed by atoms with E-state index in [2.05, 4.69) is 10.0 Å². The molecule has 31 heavy (non-hydrogen) atoms. The van der Waals surface area contributed by atoms with Crippen molar-refractivity contribution >= 4 is 38.9 Å². The summed E-state index contributed by atoms with van der Waals surface area (Å²) in [6.07, 6.45) is 0. The molecule has 0 aromatic heterocycles. The molecule has 0 saturated heterocycles. The Hall–Kier alpha value is -3.23. The molecule has 0 aliphatic heterocycles. The Bertz CT molecular complexity index is 1210. The first kappa shape index (κ1) is 22.5. The molecule has 1 amide bonds. The van der Waals surface area contributed by atoms with Crippen LogP contribution in [0.5, 0.6) is 11.5 Å². The second-order valence-electron chi connectivity index (χ2n) is 6.62. The molecule has 0 saturated carbocycles. The molecular formula is C22H21ClN2O5S. The maximum Gasteiger partial charge on any atom is 0.262 e. The van der Waals surface area contributed by atoms with E-state index in [0.717, 1.165) is 0 Å². The number of ether oxygens (including phenoxy) is 2. The average molecular weight is 461 g/mol. The first-order valence-electron chi connectivity index (χ1n) is 9.16. The van der Waals surface area contributed by atoms with Gasteiger partial charge in [0.25, 0.3) is 15.9 Å². The quantitative estimate of drug-likeness (QED) is 0.532. The molecule has 3 aromatic rings. The van der Waals surface area contributed by atoms with E-state index in [4.69, 9.17) is 21.1 Å². The summed E-state index contributed by atoms with van der Waals surface area (Å²) in [5.41, 5.74) is 1.58. The van der Waals surface area contributed by atoms with E-state index in [-0.39, 0.29) is 4.90 Å². The SMILES string of the molecule is COc1ccc(C(=O)Nc2ccc(C)c(S(=O)(=O)Nc3ccc(Cl)cc3)c2)cc1OC. The molecule has 0 atom stereocenters. The van der Waals surface area contributed by atoms with E-state index in [1.165, 1.54) is 20.3 Å². The van der Waals surface area contributed by atoms with Crippen LogP contribution in [0.4, 0.5) is 11.4 Å². The molecule has 0 radical (unpaired) electrons. The highest BCUT2D eigenvalue weighted by Crippen LogP contribution is 2.28. The third-order valence-electron chi connectivity index (χ3n) is 4.48. The van der Waals surface area contributed by atoms with Crippen LogP contribution in [0.25, 0.3) is 0 Å². The van der Waals surface area contributed by atoms with Gasteiger partial charge >= 0.3 is 0 Å². The van der Waals surface area contributed by atoms with Crippen LogP contribution in [0.3, 0.4) is 0 Å². The summed E-state index contributed by atoms with van der Waals surface area (Å²) in [5, 5.41) is 3.21. The molecule has 0 aliphatic carbocycles. The summed E-state index contributed by atoms with van der Waals surface area (Å²) in [6, 6.07) is 15.7. The summed E-state index contributed by atoms with van der Waals surface area (Å²) in [5.74, 6) is 0.490. The highest BCUT2D eigenvalue weighted by Gasteiger charge is 2.19. The third-order valence-corrected chi connectivity index (χ3v) is 6.25. The van der Waals surface area contributed by atoms with Crippen molar-refractivity contribution in [3.05, 3.63) is 76.8 Å². The molecule has 0 heterocycles. The molecule has 0 fully saturated rings. The van der Waals surface area contributed by atoms with Crippen molar-refractivity contribution in [1.29, 1.82) is 0 Å². The lowest BCUT2D eigenvalue weighted by Gasteiger charge is -2.13. The lowest BCUT2D eigenvalue weighted by molar-refractivity contribution is 0.102. The van der Waals surface area contributed by atoms with Crippen LogP contribution in [0.1, 0.15) is 15.9 Å². The third kappa shape index (κ3) is 5.28. The Morgan fingerprint density at radius 3 is 2.16 bits per heavy atom. The van der Waals surface area contributed by atoms with Gasteiger partial charge in [-0.1, -0.05) is 17.7 Å². The minimum Gasteiger partial charge on any atom is -0.493 e. The minimum absolute atomic E-state index is 0.0487. The van der Waals surface area contributed by atoms with Gasteiger partial charge in [0.2, 0.25) is 0 Å². The monoisotopic (exact) mass is 460 g/mol. The summed E-state index contributed by atoms with van der Waals surface area (Å²) in [6.45, 7) is 1.68. The normalized spacial score (nSPS) is 11.0. The fraction of sp³-hybridized carbons (Fsp3) is 0.136. The van der Waals surface area contributed by atoms with Gasteiger partial charge in [-0.3, -0.25) is 9.52 Å². The van der Waals surface area contributed by atoms with Crippen molar-refractivity contribution < 1.29 is 22.7 Å². The molecular weight excluding hydrogens is 440 g/mol. The van der Waals surface area contributed by atoms with Crippen molar-refractivity contribution in [2.45, 2.75) is 11.8 Å². The maximum atomic E-state index is 12.9. The lowest BCUT2D eigenvalue weighted by Crippen LogP contribution is -2.16. The smallest absolute Gasteiger partial charge is 0.262 e. The zero-order valence-corrected chi connectivity index (χ0v) is 18.7. The number of halogens is 1. The zero-order valence-electron chi connectivity index (χ0n) is 17.1. The standard InChI is InChI=1S/C22H21ClN2O5S/c1-14-4-8-18(24-22(26)15-5-11-19(29-2)20(12-15)30-3)13-21(14)31(27,28)25-17-9-6-16(23)7-10-17/h4-13,25H,1-3H3,(H,24,26). The van der Waals surface area contributed by atoms with Crippen LogP contribution in [-0.4, -0.2) is 28.5 Å². The Labute approximate surface area is 186 Å². The number of sulfonamides is 1. The van der Waals surface area contributed by atoms with E-state index in [0.29, 0.717) is 39.0 Å². The number of hydrogen-bond acceptors (Lipinski definition) is 5. The summed E-state index contributed by atoms with van der Waals surface area (Å²) in [4.78, 5) is 12.7. The Morgan fingerprint density at radius 1 is 0.871 bits per heavy atom. The van der Waals surface area contributed by atoms with E-state index in [9.17, 15) is 13.2 Å². The van der Waals surface area contributed by atoms with Gasteiger partial charge in [0.05, 0.1) is 19.1 Å². The number of aryl methyl sites for hydroxylation is 1. The van der Waals surface area contributed by atoms with Gasteiger partial charge in [0.1, 0.15) is 0 Å². The molecule has 0 spiro atoms. The Morgan fingerprint density at radius 2 is 1.52 bits per heavy atom. The number of anilines is 2. The predicted molar refractivity (Wildman–Crippen MR) is 121 cm³/mol. The van der Waals surface area contributed by atoms with E-state index < -0.39 is 15.9 Å². The first-order valence-corrected chi connectivity index (χ1v) is 11.0. The zero-order chi connectivity index (χ0) is 22.6. The molecule has 3 rings (SSSR count). The number of benzene rings is 3. The second-order valence-corrected chi connectivity index (χ2v) is 8.70. The van der Waals surface area contributed by atoms with Gasteiger partial charge in [0, 0.05) is 22.0 Å². The van der Waals surface area contributed by atoms with Crippen molar-refractivity contribution in [3.63, 3.8) is 0 Å². The highest BCUT2D eigenvalue weighted by atomic mass is 35.5. The van der Waals surface area contributed by atoms with Gasteiger partial charge < -0.3 is 14.8 Å². The summed E-state index contributed by atoms with van der Waals surface area (Å²) < 4.78 is 38.7. The number of methoxy groups -OCH3 is 2. The summed E-state index contributed by atoms with van der Waals surface area (Å²) in [7, 11) is -0.900. The van der Waals surface area contributed by atoms with Crippen molar-refractivity contribution in [3.8, 4) is 11.5 Å². The topological polar surface area (TPSA) is 93.7 Å². The highest BCUT2D eigenvalue weighted by molar-refractivity contribution is 7.92. The van der Waals surface area contributed by atoms with Gasteiger partial charge in [-0.05, 0) is 67.1 Å². The molecule has 0 bridgehead atoms. The van der Waals surface area contributed by atoms with Gasteiger partial charge in [0.15, 0.2) is 11.5 Å². The Kier molecular flexibility index (Phi) is 6.72. The summed E-state index contributed by atoms with van der Waals surface area (Å²) >= 11 is 5.85. The molecule has 9 heteroatoms. The maximum absolute atomic E-state index is 12.9. The molecule has 3 aromatic carbocycles. The minimum atomic E-state index is -3.88. The number of carbonyl (C=O) groups excluding carboxylic acids is 1. The molecule has 0 aliphatic rings. The molecule has 7 nitrogen and oxygen atoms in total. The van der Waals surface area contributed by atoms with Crippen LogP contribution >= 0.6 is 11.6 Å². The van der Waals surface area contributed by atoms with Crippen LogP contribution < -0.4 is 19.5 Å². The molecule has 0 unspecified atom stereocenters. The molecule has 2 N–H and O–H groups in total. The fourth-order valence-corrected chi connectivity index (χ4v) is 4.33. The van der Waals surface area contributed by atoms with E-state index in [1.807, 2.05) is 0 Å². The van der Waals surface area contributed by atoms with Crippen molar-refractivity contribution in [2.24, 2.45) is 0 Å². The Balaban J connectivity index is 1.85. The average Bonchev–Trinajstić information content (AvgIpc) is 2.75. The van der Waals surface area contributed by atoms with Crippen LogP contribution in [-0.2, 0) is 10.0 Å². The number of rotatable bonds is 7. The first-order chi connectivity index (χ1) is 14.7. The number of carbonyl (C=O) groups is 1. The number of nitrogens with one attached hydrogen (secondary N) is 2.